The lowest BCUT2D eigenvalue weighted by Crippen LogP contribution is -2.26. The fraction of sp³-hybridized carbons (Fsp3) is 0.217. The highest BCUT2D eigenvalue weighted by atomic mass is 16.1. The molecule has 0 aliphatic carbocycles. The summed E-state index contributed by atoms with van der Waals surface area (Å²) in [5.74, 6) is -0.153. The maximum Gasteiger partial charge on any atom is 0.270 e. The summed E-state index contributed by atoms with van der Waals surface area (Å²) in [5.41, 5.74) is 6.32. The van der Waals surface area contributed by atoms with E-state index in [0.717, 1.165) is 17.7 Å². The zero-order valence-corrected chi connectivity index (χ0v) is 15.6. The number of amides is 1. The molecule has 1 aliphatic heterocycles. The van der Waals surface area contributed by atoms with E-state index in [-0.39, 0.29) is 5.91 Å². The van der Waals surface area contributed by atoms with Crippen LogP contribution in [0.5, 0.6) is 0 Å². The van der Waals surface area contributed by atoms with Crippen molar-refractivity contribution in [1.29, 1.82) is 0 Å². The van der Waals surface area contributed by atoms with Crippen LogP contribution in [0.2, 0.25) is 0 Å². The van der Waals surface area contributed by atoms with Crippen molar-refractivity contribution in [2.45, 2.75) is 32.9 Å². The maximum atomic E-state index is 12.4. The molecular formula is C23H23N3O. The first-order valence-electron chi connectivity index (χ1n) is 9.29. The first kappa shape index (κ1) is 17.3. The van der Waals surface area contributed by atoms with E-state index in [2.05, 4.69) is 46.4 Å². The van der Waals surface area contributed by atoms with Crippen LogP contribution in [0, 0.1) is 6.92 Å². The molecule has 0 bridgehead atoms. The van der Waals surface area contributed by atoms with Gasteiger partial charge in [-0.3, -0.25) is 4.79 Å². The quantitative estimate of drug-likeness (QED) is 0.753. The monoisotopic (exact) mass is 357 g/mol. The molecule has 1 aliphatic rings. The second-order valence-corrected chi connectivity index (χ2v) is 7.06. The van der Waals surface area contributed by atoms with Gasteiger partial charge in [-0.2, -0.15) is 0 Å². The lowest BCUT2D eigenvalue weighted by atomic mass is 10.1. The molecule has 1 atom stereocenters. The van der Waals surface area contributed by atoms with E-state index < -0.39 is 0 Å². The van der Waals surface area contributed by atoms with E-state index in [0.29, 0.717) is 18.3 Å². The van der Waals surface area contributed by atoms with E-state index >= 15 is 0 Å². The minimum atomic E-state index is -0.153. The Balaban J connectivity index is 1.48. The molecule has 3 aromatic rings. The summed E-state index contributed by atoms with van der Waals surface area (Å²) in [7, 11) is 0. The van der Waals surface area contributed by atoms with Gasteiger partial charge in [0.05, 0.1) is 11.9 Å². The first-order chi connectivity index (χ1) is 13.1. The Morgan fingerprint density at radius 3 is 2.67 bits per heavy atom. The van der Waals surface area contributed by atoms with E-state index in [1.54, 1.807) is 12.3 Å². The molecule has 4 rings (SSSR count). The molecule has 0 radical (unpaired) electrons. The summed E-state index contributed by atoms with van der Waals surface area (Å²) in [6.07, 6.45) is 2.82. The zero-order valence-electron chi connectivity index (χ0n) is 15.6. The van der Waals surface area contributed by atoms with Crippen LogP contribution in [0.4, 0.5) is 11.4 Å². The van der Waals surface area contributed by atoms with Crippen molar-refractivity contribution in [3.8, 4) is 0 Å². The molecule has 1 unspecified atom stereocenters. The second kappa shape index (κ2) is 7.23. The van der Waals surface area contributed by atoms with Gasteiger partial charge in [-0.05, 0) is 55.2 Å². The molecule has 0 saturated carbocycles. The molecule has 0 saturated heterocycles. The average molecular weight is 357 g/mol. The first-order valence-corrected chi connectivity index (χ1v) is 9.29. The predicted octanol–water partition coefficient (Wildman–Crippen LogP) is 4.40. The number of anilines is 2. The summed E-state index contributed by atoms with van der Waals surface area (Å²) in [4.78, 5) is 19.1. The highest BCUT2D eigenvalue weighted by molar-refractivity contribution is 5.92. The number of nitrogens with zero attached hydrogens (tertiary/aromatic N) is 2. The average Bonchev–Trinajstić information content (AvgIpc) is 3.03. The molecule has 1 N–H and O–H groups in total. The zero-order chi connectivity index (χ0) is 18.8. The predicted molar refractivity (Wildman–Crippen MR) is 108 cm³/mol. The molecule has 4 heteroatoms. The number of aromatic nitrogens is 1. The van der Waals surface area contributed by atoms with Crippen LogP contribution >= 0.6 is 0 Å². The topological polar surface area (TPSA) is 45.2 Å². The molecule has 2 heterocycles. The summed E-state index contributed by atoms with van der Waals surface area (Å²) in [6, 6.07) is 20.7. The van der Waals surface area contributed by atoms with E-state index in [4.69, 9.17) is 0 Å². The fourth-order valence-corrected chi connectivity index (χ4v) is 3.70. The van der Waals surface area contributed by atoms with Gasteiger partial charge in [0.15, 0.2) is 0 Å². The normalized spacial score (nSPS) is 15.5. The van der Waals surface area contributed by atoms with Crippen LogP contribution in [0.15, 0.2) is 66.9 Å². The summed E-state index contributed by atoms with van der Waals surface area (Å²) in [6.45, 7) is 4.76. The molecule has 1 aromatic heterocycles. The van der Waals surface area contributed by atoms with E-state index in [1.165, 1.54) is 16.8 Å². The van der Waals surface area contributed by atoms with Crippen molar-refractivity contribution in [3.05, 3.63) is 89.2 Å². The van der Waals surface area contributed by atoms with Gasteiger partial charge in [0.2, 0.25) is 0 Å². The minimum Gasteiger partial charge on any atom is -0.347 e. The van der Waals surface area contributed by atoms with Gasteiger partial charge in [-0.1, -0.05) is 42.5 Å². The Morgan fingerprint density at radius 2 is 1.89 bits per heavy atom. The lowest BCUT2D eigenvalue weighted by molar-refractivity contribution is 0.0946. The van der Waals surface area contributed by atoms with Gasteiger partial charge < -0.3 is 10.2 Å². The molecule has 136 valence electrons. The number of pyridine rings is 1. The number of aryl methyl sites for hydroxylation is 1. The SMILES string of the molecule is Cc1ccccc1CNC(=O)c1ccc(N2c3ccccc3CC2C)cn1. The Bertz CT molecular complexity index is 965. The van der Waals surface area contributed by atoms with Gasteiger partial charge in [0.25, 0.3) is 5.91 Å². The van der Waals surface area contributed by atoms with Crippen LogP contribution in [0.25, 0.3) is 0 Å². The maximum absolute atomic E-state index is 12.4. The number of carbonyl (C=O) groups is 1. The van der Waals surface area contributed by atoms with Crippen LogP contribution in [-0.4, -0.2) is 16.9 Å². The van der Waals surface area contributed by atoms with Crippen molar-refractivity contribution >= 4 is 17.3 Å². The Labute approximate surface area is 159 Å². The summed E-state index contributed by atoms with van der Waals surface area (Å²) >= 11 is 0. The van der Waals surface area contributed by atoms with E-state index in [1.807, 2.05) is 37.3 Å². The number of rotatable bonds is 4. The van der Waals surface area contributed by atoms with Crippen molar-refractivity contribution in [2.75, 3.05) is 4.90 Å². The second-order valence-electron chi connectivity index (χ2n) is 7.06. The Morgan fingerprint density at radius 1 is 1.11 bits per heavy atom. The van der Waals surface area contributed by atoms with Crippen LogP contribution < -0.4 is 10.2 Å². The van der Waals surface area contributed by atoms with Crippen molar-refractivity contribution < 1.29 is 4.79 Å². The standard InChI is InChI=1S/C23H23N3O/c1-16-7-3-4-9-19(16)14-25-23(27)21-12-11-20(15-24-21)26-17(2)13-18-8-5-6-10-22(18)26/h3-12,15,17H,13-14H2,1-2H3,(H,25,27). The van der Waals surface area contributed by atoms with Crippen LogP contribution in [-0.2, 0) is 13.0 Å². The van der Waals surface area contributed by atoms with Crippen LogP contribution in [0.1, 0.15) is 34.1 Å². The number of nitrogens with one attached hydrogen (secondary N) is 1. The van der Waals surface area contributed by atoms with Gasteiger partial charge in [0, 0.05) is 18.3 Å². The number of benzene rings is 2. The molecule has 4 nitrogen and oxygen atoms in total. The lowest BCUT2D eigenvalue weighted by Gasteiger charge is -2.24. The minimum absolute atomic E-state index is 0.153. The summed E-state index contributed by atoms with van der Waals surface area (Å²) < 4.78 is 0. The molecule has 1 amide bonds. The highest BCUT2D eigenvalue weighted by Crippen LogP contribution is 2.37. The highest BCUT2D eigenvalue weighted by Gasteiger charge is 2.27. The number of para-hydroxylation sites is 1. The number of carbonyl (C=O) groups excluding carboxylic acids is 1. The molecule has 27 heavy (non-hydrogen) atoms. The van der Waals surface area contributed by atoms with Crippen LogP contribution in [0.3, 0.4) is 0 Å². The fourth-order valence-electron chi connectivity index (χ4n) is 3.70. The Kier molecular flexibility index (Phi) is 4.63. The smallest absolute Gasteiger partial charge is 0.270 e. The molecule has 2 aromatic carbocycles. The van der Waals surface area contributed by atoms with Gasteiger partial charge in [-0.15, -0.1) is 0 Å². The van der Waals surface area contributed by atoms with E-state index in [9.17, 15) is 4.79 Å². The largest absolute Gasteiger partial charge is 0.347 e. The molecular weight excluding hydrogens is 334 g/mol. The third-order valence-electron chi connectivity index (χ3n) is 5.17. The Hall–Kier alpha value is -3.14. The summed E-state index contributed by atoms with van der Waals surface area (Å²) in [5, 5.41) is 2.95. The number of hydrogen-bond donors (Lipinski definition) is 1. The van der Waals surface area contributed by atoms with Crippen molar-refractivity contribution in [1.82, 2.24) is 10.3 Å². The van der Waals surface area contributed by atoms with Crippen molar-refractivity contribution in [3.63, 3.8) is 0 Å². The third-order valence-corrected chi connectivity index (χ3v) is 5.17. The molecule has 0 fully saturated rings. The third kappa shape index (κ3) is 3.43. The van der Waals surface area contributed by atoms with Gasteiger partial charge in [0.1, 0.15) is 5.69 Å². The number of fused-ring (bicyclic) bond motifs is 1. The van der Waals surface area contributed by atoms with Crippen molar-refractivity contribution in [2.24, 2.45) is 0 Å². The number of hydrogen-bond acceptors (Lipinski definition) is 3. The van der Waals surface area contributed by atoms with Gasteiger partial charge >= 0.3 is 0 Å². The van der Waals surface area contributed by atoms with Gasteiger partial charge in [-0.25, -0.2) is 4.98 Å². The molecule has 0 spiro atoms.